The van der Waals surface area contributed by atoms with Crippen LogP contribution in [0.5, 0.6) is 0 Å². The van der Waals surface area contributed by atoms with Crippen LogP contribution in [-0.4, -0.2) is 12.0 Å². The molecule has 1 aromatic rings. The van der Waals surface area contributed by atoms with E-state index in [0.29, 0.717) is 6.01 Å². The van der Waals surface area contributed by atoms with Crippen LogP contribution < -0.4 is 5.32 Å². The van der Waals surface area contributed by atoms with Crippen LogP contribution in [0.1, 0.15) is 50.0 Å². The standard InChI is InChI=1S/C13H22N2O/c1-10-12(15-13(14-2)16-10)9-8-11-6-4-3-5-7-11/h11H,3-9H2,1-2H3,(H,14,15). The first-order valence-electron chi connectivity index (χ1n) is 6.43. The molecule has 1 aliphatic carbocycles. The minimum atomic E-state index is 0.649. The lowest BCUT2D eigenvalue weighted by atomic mass is 9.86. The molecule has 0 radical (unpaired) electrons. The van der Waals surface area contributed by atoms with Crippen molar-refractivity contribution < 1.29 is 4.42 Å². The van der Waals surface area contributed by atoms with E-state index in [9.17, 15) is 0 Å². The molecule has 0 atom stereocenters. The van der Waals surface area contributed by atoms with Crippen molar-refractivity contribution in [2.45, 2.75) is 51.9 Å². The van der Waals surface area contributed by atoms with Gasteiger partial charge in [-0.05, 0) is 25.7 Å². The molecule has 1 heterocycles. The largest absolute Gasteiger partial charge is 0.429 e. The molecule has 16 heavy (non-hydrogen) atoms. The topological polar surface area (TPSA) is 38.1 Å². The Morgan fingerprint density at radius 2 is 2.06 bits per heavy atom. The van der Waals surface area contributed by atoms with E-state index in [1.165, 1.54) is 38.5 Å². The number of oxazole rings is 1. The SMILES string of the molecule is CNc1nc(CCC2CCCCC2)c(C)o1. The number of nitrogens with zero attached hydrogens (tertiary/aromatic N) is 1. The maximum atomic E-state index is 5.48. The van der Waals surface area contributed by atoms with Crippen molar-refractivity contribution in [1.82, 2.24) is 4.98 Å². The Labute approximate surface area is 97.6 Å². The van der Waals surface area contributed by atoms with Gasteiger partial charge in [-0.3, -0.25) is 0 Å². The number of aryl methyl sites for hydroxylation is 2. The Bertz CT molecular complexity index is 327. The first-order chi connectivity index (χ1) is 7.79. The van der Waals surface area contributed by atoms with Gasteiger partial charge in [-0.2, -0.15) is 4.98 Å². The highest BCUT2D eigenvalue weighted by atomic mass is 16.4. The first kappa shape index (κ1) is 11.5. The molecule has 1 aromatic heterocycles. The summed E-state index contributed by atoms with van der Waals surface area (Å²) in [4.78, 5) is 4.43. The molecule has 0 saturated heterocycles. The zero-order valence-corrected chi connectivity index (χ0v) is 10.4. The molecule has 1 fully saturated rings. The molecular weight excluding hydrogens is 200 g/mol. The predicted molar refractivity (Wildman–Crippen MR) is 65.7 cm³/mol. The zero-order valence-electron chi connectivity index (χ0n) is 10.4. The summed E-state index contributed by atoms with van der Waals surface area (Å²) in [6, 6.07) is 0.649. The Kier molecular flexibility index (Phi) is 3.86. The van der Waals surface area contributed by atoms with Crippen LogP contribution >= 0.6 is 0 Å². The Morgan fingerprint density at radius 1 is 1.31 bits per heavy atom. The molecule has 90 valence electrons. The third-order valence-electron chi connectivity index (χ3n) is 3.62. The van der Waals surface area contributed by atoms with E-state index in [1.54, 1.807) is 0 Å². The highest BCUT2D eigenvalue weighted by molar-refractivity contribution is 5.24. The smallest absolute Gasteiger partial charge is 0.294 e. The van der Waals surface area contributed by atoms with Crippen molar-refractivity contribution in [1.29, 1.82) is 0 Å². The maximum Gasteiger partial charge on any atom is 0.294 e. The number of anilines is 1. The van der Waals surface area contributed by atoms with Gasteiger partial charge in [-0.15, -0.1) is 0 Å². The minimum Gasteiger partial charge on any atom is -0.429 e. The van der Waals surface area contributed by atoms with E-state index in [1.807, 2.05) is 14.0 Å². The van der Waals surface area contributed by atoms with Crippen molar-refractivity contribution in [3.8, 4) is 0 Å². The summed E-state index contributed by atoms with van der Waals surface area (Å²) in [7, 11) is 1.84. The van der Waals surface area contributed by atoms with Gasteiger partial charge < -0.3 is 9.73 Å². The zero-order chi connectivity index (χ0) is 11.4. The van der Waals surface area contributed by atoms with Gasteiger partial charge in [-0.1, -0.05) is 32.1 Å². The summed E-state index contributed by atoms with van der Waals surface area (Å²) in [5, 5.41) is 2.95. The molecule has 3 heteroatoms. The molecule has 1 aliphatic rings. The lowest BCUT2D eigenvalue weighted by Gasteiger charge is -2.20. The van der Waals surface area contributed by atoms with Crippen LogP contribution in [0.4, 0.5) is 6.01 Å². The van der Waals surface area contributed by atoms with Crippen molar-refractivity contribution in [2.75, 3.05) is 12.4 Å². The third-order valence-corrected chi connectivity index (χ3v) is 3.62. The first-order valence-corrected chi connectivity index (χ1v) is 6.43. The highest BCUT2D eigenvalue weighted by Gasteiger charge is 2.15. The van der Waals surface area contributed by atoms with Crippen molar-refractivity contribution in [2.24, 2.45) is 5.92 Å². The summed E-state index contributed by atoms with van der Waals surface area (Å²) in [6.45, 7) is 2.00. The van der Waals surface area contributed by atoms with Crippen LogP contribution in [0.15, 0.2) is 4.42 Å². The van der Waals surface area contributed by atoms with E-state index in [4.69, 9.17) is 4.42 Å². The summed E-state index contributed by atoms with van der Waals surface area (Å²) in [5.41, 5.74) is 1.13. The fourth-order valence-corrected chi connectivity index (χ4v) is 2.58. The molecule has 1 saturated carbocycles. The van der Waals surface area contributed by atoms with Crippen LogP contribution in [0, 0.1) is 12.8 Å². The number of nitrogens with one attached hydrogen (secondary N) is 1. The van der Waals surface area contributed by atoms with Crippen molar-refractivity contribution in [3.05, 3.63) is 11.5 Å². The fourth-order valence-electron chi connectivity index (χ4n) is 2.58. The summed E-state index contributed by atoms with van der Waals surface area (Å²) >= 11 is 0. The molecule has 3 nitrogen and oxygen atoms in total. The van der Waals surface area contributed by atoms with Crippen LogP contribution in [0.2, 0.25) is 0 Å². The molecule has 0 unspecified atom stereocenters. The lowest BCUT2D eigenvalue weighted by Crippen LogP contribution is -2.07. The van der Waals surface area contributed by atoms with Gasteiger partial charge in [0.05, 0.1) is 5.69 Å². The second-order valence-electron chi connectivity index (χ2n) is 4.81. The van der Waals surface area contributed by atoms with E-state index < -0.39 is 0 Å². The summed E-state index contributed by atoms with van der Waals surface area (Å²) in [5.74, 6) is 1.89. The van der Waals surface area contributed by atoms with Crippen LogP contribution in [0.3, 0.4) is 0 Å². The van der Waals surface area contributed by atoms with E-state index in [0.717, 1.165) is 23.8 Å². The Hall–Kier alpha value is -0.990. The molecule has 0 bridgehead atoms. The second-order valence-corrected chi connectivity index (χ2v) is 4.81. The van der Waals surface area contributed by atoms with E-state index in [-0.39, 0.29) is 0 Å². The second kappa shape index (κ2) is 5.37. The molecular formula is C13H22N2O. The molecule has 0 aromatic carbocycles. The van der Waals surface area contributed by atoms with Crippen molar-refractivity contribution in [3.63, 3.8) is 0 Å². The minimum absolute atomic E-state index is 0.649. The molecule has 0 aliphatic heterocycles. The maximum absolute atomic E-state index is 5.48. The summed E-state index contributed by atoms with van der Waals surface area (Å²) < 4.78 is 5.48. The highest BCUT2D eigenvalue weighted by Crippen LogP contribution is 2.28. The molecule has 1 N–H and O–H groups in total. The quantitative estimate of drug-likeness (QED) is 0.846. The average Bonchev–Trinajstić information content (AvgIpc) is 2.69. The normalized spacial score (nSPS) is 17.6. The monoisotopic (exact) mass is 222 g/mol. The predicted octanol–water partition coefficient (Wildman–Crippen LogP) is 3.54. The molecule has 0 amide bonds. The van der Waals surface area contributed by atoms with Gasteiger partial charge in [-0.25, -0.2) is 0 Å². The molecule has 2 rings (SSSR count). The van der Waals surface area contributed by atoms with Gasteiger partial charge in [0.25, 0.3) is 6.01 Å². The lowest BCUT2D eigenvalue weighted by molar-refractivity contribution is 0.338. The molecule has 0 spiro atoms. The average molecular weight is 222 g/mol. The fraction of sp³-hybridized carbons (Fsp3) is 0.769. The Morgan fingerprint density at radius 3 is 2.69 bits per heavy atom. The van der Waals surface area contributed by atoms with Crippen LogP contribution in [-0.2, 0) is 6.42 Å². The number of aromatic nitrogens is 1. The van der Waals surface area contributed by atoms with Gasteiger partial charge in [0.1, 0.15) is 5.76 Å². The van der Waals surface area contributed by atoms with E-state index in [2.05, 4.69) is 10.3 Å². The number of hydrogen-bond donors (Lipinski definition) is 1. The number of rotatable bonds is 4. The van der Waals surface area contributed by atoms with Crippen LogP contribution in [0.25, 0.3) is 0 Å². The summed E-state index contributed by atoms with van der Waals surface area (Å²) in [6.07, 6.45) is 9.45. The Balaban J connectivity index is 1.85. The number of hydrogen-bond acceptors (Lipinski definition) is 3. The van der Waals surface area contributed by atoms with Gasteiger partial charge >= 0.3 is 0 Å². The third kappa shape index (κ3) is 2.77. The van der Waals surface area contributed by atoms with Gasteiger partial charge in [0.15, 0.2) is 0 Å². The van der Waals surface area contributed by atoms with Crippen molar-refractivity contribution >= 4 is 6.01 Å². The van der Waals surface area contributed by atoms with E-state index >= 15 is 0 Å². The van der Waals surface area contributed by atoms with Gasteiger partial charge in [0, 0.05) is 7.05 Å². The van der Waals surface area contributed by atoms with Gasteiger partial charge in [0.2, 0.25) is 0 Å².